The van der Waals surface area contributed by atoms with Gasteiger partial charge in [-0.15, -0.1) is 0 Å². The van der Waals surface area contributed by atoms with Gasteiger partial charge in [0, 0.05) is 6.04 Å². The molecule has 0 aliphatic heterocycles. The van der Waals surface area contributed by atoms with Crippen molar-refractivity contribution in [2.45, 2.75) is 85.7 Å². The molecule has 0 aromatic rings. The molecule has 0 aromatic carbocycles. The van der Waals surface area contributed by atoms with E-state index in [2.05, 4.69) is 6.92 Å². The summed E-state index contributed by atoms with van der Waals surface area (Å²) in [6.45, 7) is 12.0. The van der Waals surface area contributed by atoms with Gasteiger partial charge in [0.25, 0.3) is 0 Å². The van der Waals surface area contributed by atoms with E-state index >= 15 is 0 Å². The molecule has 4 nitrogen and oxygen atoms in total. The van der Waals surface area contributed by atoms with Crippen molar-refractivity contribution in [3.8, 4) is 0 Å². The van der Waals surface area contributed by atoms with Crippen molar-refractivity contribution in [3.05, 3.63) is 0 Å². The van der Waals surface area contributed by atoms with E-state index in [1.807, 2.05) is 34.2 Å². The van der Waals surface area contributed by atoms with E-state index < -0.39 is 18.6 Å². The summed E-state index contributed by atoms with van der Waals surface area (Å²) >= 11 is 0. The first-order valence-electron chi connectivity index (χ1n) is 7.75. The lowest BCUT2D eigenvalue weighted by atomic mass is 10.1. The normalized spacial score (nSPS) is 9.79. The van der Waals surface area contributed by atoms with Crippen molar-refractivity contribution in [3.63, 3.8) is 0 Å². The zero-order valence-electron chi connectivity index (χ0n) is 13.9. The quantitative estimate of drug-likeness (QED) is 0.430. The van der Waals surface area contributed by atoms with Crippen LogP contribution in [0.1, 0.15) is 73.1 Å². The molecule has 6 heteroatoms. The fourth-order valence-corrected chi connectivity index (χ4v) is 1.87. The summed E-state index contributed by atoms with van der Waals surface area (Å²) in [4.78, 5) is 33.7. The molecule has 0 amide bonds. The summed E-state index contributed by atoms with van der Waals surface area (Å²) in [7, 11) is -4.31. The molecular formula is C13H38O4Si2. The SMILES string of the molecule is CC.CC.CCCCCCCC[Si](O)(O)O.C[SiH2]O. The Morgan fingerprint density at radius 1 is 0.789 bits per heavy atom. The molecule has 0 heterocycles. The molecule has 0 unspecified atom stereocenters. The number of hydrogen-bond donors (Lipinski definition) is 4. The van der Waals surface area contributed by atoms with Crippen LogP contribution in [0.2, 0.25) is 12.6 Å². The third kappa shape index (κ3) is 56.3. The Labute approximate surface area is 124 Å². The Morgan fingerprint density at radius 2 is 1.11 bits per heavy atom. The number of unbranched alkanes of at least 4 members (excludes halogenated alkanes) is 5. The van der Waals surface area contributed by atoms with Crippen LogP contribution in [0.15, 0.2) is 0 Å². The van der Waals surface area contributed by atoms with Crippen molar-refractivity contribution < 1.29 is 19.2 Å². The van der Waals surface area contributed by atoms with Crippen LogP contribution in [0, 0.1) is 0 Å². The van der Waals surface area contributed by atoms with Gasteiger partial charge in [0.15, 0.2) is 9.76 Å². The van der Waals surface area contributed by atoms with E-state index in [1.54, 1.807) is 0 Å². The van der Waals surface area contributed by atoms with Gasteiger partial charge < -0.3 is 19.2 Å². The van der Waals surface area contributed by atoms with Crippen LogP contribution < -0.4 is 0 Å². The first-order chi connectivity index (χ1) is 8.97. The zero-order valence-corrected chi connectivity index (χ0v) is 16.4. The minimum Gasteiger partial charge on any atom is -0.438 e. The van der Waals surface area contributed by atoms with Crippen LogP contribution in [0.3, 0.4) is 0 Å². The monoisotopic (exact) mass is 314 g/mol. The third-order valence-electron chi connectivity index (χ3n) is 1.87. The Hall–Kier alpha value is 0.274. The highest BCUT2D eigenvalue weighted by Crippen LogP contribution is 2.10. The average Bonchev–Trinajstić information content (AvgIpc) is 2.38. The maximum absolute atomic E-state index is 8.67. The zero-order chi connectivity index (χ0) is 16.2. The summed E-state index contributed by atoms with van der Waals surface area (Å²) in [6.07, 6.45) is 6.56. The van der Waals surface area contributed by atoms with Crippen molar-refractivity contribution in [1.82, 2.24) is 0 Å². The third-order valence-corrected chi connectivity index (χ3v) is 2.89. The second-order valence-electron chi connectivity index (χ2n) is 3.61. The molecule has 0 spiro atoms. The van der Waals surface area contributed by atoms with Crippen LogP contribution in [0.5, 0.6) is 0 Å². The fourth-order valence-electron chi connectivity index (χ4n) is 1.14. The number of hydrogen-bond acceptors (Lipinski definition) is 4. The van der Waals surface area contributed by atoms with E-state index in [1.165, 1.54) is 19.3 Å². The van der Waals surface area contributed by atoms with Gasteiger partial charge in [-0.2, -0.15) is 0 Å². The molecule has 0 rings (SSSR count). The van der Waals surface area contributed by atoms with Gasteiger partial charge in [-0.25, -0.2) is 0 Å². The van der Waals surface area contributed by atoms with Gasteiger partial charge in [0.05, 0.1) is 0 Å². The molecule has 4 N–H and O–H groups in total. The highest BCUT2D eigenvalue weighted by atomic mass is 28.4. The highest BCUT2D eigenvalue weighted by molar-refractivity contribution is 6.56. The molecular weight excluding hydrogens is 276 g/mol. The van der Waals surface area contributed by atoms with E-state index in [0.29, 0.717) is 0 Å². The maximum atomic E-state index is 8.67. The molecule has 0 bridgehead atoms. The largest absolute Gasteiger partial charge is 0.492 e. The topological polar surface area (TPSA) is 80.9 Å². The second kappa shape index (κ2) is 26.8. The molecule has 0 saturated heterocycles. The molecule has 0 aliphatic carbocycles. The van der Waals surface area contributed by atoms with Crippen LogP contribution in [0.4, 0.5) is 0 Å². The predicted molar refractivity (Wildman–Crippen MR) is 89.9 cm³/mol. The first-order valence-corrected chi connectivity index (χ1v) is 11.9. The minimum atomic E-state index is -3.73. The summed E-state index contributed by atoms with van der Waals surface area (Å²) in [5, 5.41) is 0. The van der Waals surface area contributed by atoms with E-state index in [9.17, 15) is 0 Å². The van der Waals surface area contributed by atoms with Gasteiger partial charge in [0.2, 0.25) is 0 Å². The van der Waals surface area contributed by atoms with E-state index in [4.69, 9.17) is 19.2 Å². The van der Waals surface area contributed by atoms with Crippen LogP contribution in [-0.2, 0) is 0 Å². The van der Waals surface area contributed by atoms with E-state index in [0.717, 1.165) is 19.3 Å². The number of rotatable bonds is 7. The molecule has 19 heavy (non-hydrogen) atoms. The van der Waals surface area contributed by atoms with Crippen molar-refractivity contribution in [1.29, 1.82) is 0 Å². The summed E-state index contributed by atoms with van der Waals surface area (Å²) in [5.41, 5.74) is 0. The molecule has 122 valence electrons. The highest BCUT2D eigenvalue weighted by Gasteiger charge is 2.25. The van der Waals surface area contributed by atoms with Gasteiger partial charge >= 0.3 is 8.80 Å². The first kappa shape index (κ1) is 27.6. The second-order valence-corrected chi connectivity index (χ2v) is 6.29. The Bertz CT molecular complexity index is 120. The van der Waals surface area contributed by atoms with Crippen LogP contribution in [0.25, 0.3) is 0 Å². The summed E-state index contributed by atoms with van der Waals surface area (Å²) in [5.74, 6) is 0. The fraction of sp³-hybridized carbons (Fsp3) is 1.00. The summed E-state index contributed by atoms with van der Waals surface area (Å²) < 4.78 is 0. The Balaban J connectivity index is -0.000000136. The lowest BCUT2D eigenvalue weighted by molar-refractivity contribution is 0.226. The smallest absolute Gasteiger partial charge is 0.438 e. The van der Waals surface area contributed by atoms with Gasteiger partial charge in [0.1, 0.15) is 0 Å². The standard InChI is InChI=1S/C8H20O3Si.2C2H6.CH6OSi/c1-2-3-4-5-6-7-8-12(9,10)11;2*1-2;1-3-2/h9-11H,2-8H2,1H3;2*1-2H3;2H,3H2,1H3. The molecule has 0 atom stereocenters. The van der Waals surface area contributed by atoms with Gasteiger partial charge in [-0.05, 0) is 6.42 Å². The van der Waals surface area contributed by atoms with Crippen LogP contribution in [-0.4, -0.2) is 37.8 Å². The molecule has 0 aromatic heterocycles. The average molecular weight is 315 g/mol. The van der Waals surface area contributed by atoms with Gasteiger partial charge in [-0.1, -0.05) is 73.3 Å². The predicted octanol–water partition coefficient (Wildman–Crippen LogP) is 2.43. The lowest BCUT2D eigenvalue weighted by Crippen LogP contribution is -2.33. The van der Waals surface area contributed by atoms with Crippen molar-refractivity contribution in [2.75, 3.05) is 0 Å². The molecule has 0 aliphatic rings. The van der Waals surface area contributed by atoms with Crippen LogP contribution >= 0.6 is 0 Å². The Kier molecular flexibility index (Phi) is 38.9. The summed E-state index contributed by atoms with van der Waals surface area (Å²) in [6, 6.07) is 0.194. The lowest BCUT2D eigenvalue weighted by Gasteiger charge is -2.07. The minimum absolute atomic E-state index is 0.194. The molecule has 0 fully saturated rings. The maximum Gasteiger partial charge on any atom is 0.492 e. The van der Waals surface area contributed by atoms with Gasteiger partial charge in [-0.3, -0.25) is 0 Å². The Morgan fingerprint density at radius 3 is 1.42 bits per heavy atom. The molecule has 0 radical (unpaired) electrons. The van der Waals surface area contributed by atoms with Crippen molar-refractivity contribution >= 4 is 18.6 Å². The van der Waals surface area contributed by atoms with Crippen molar-refractivity contribution in [2.24, 2.45) is 0 Å². The van der Waals surface area contributed by atoms with E-state index in [-0.39, 0.29) is 6.04 Å². The molecule has 0 saturated carbocycles.